The second kappa shape index (κ2) is 8.78. The van der Waals surface area contributed by atoms with E-state index in [0.717, 1.165) is 34.4 Å². The summed E-state index contributed by atoms with van der Waals surface area (Å²) < 4.78 is 1.84. The third-order valence-corrected chi connectivity index (χ3v) is 5.22. The van der Waals surface area contributed by atoms with E-state index in [0.29, 0.717) is 17.8 Å². The summed E-state index contributed by atoms with van der Waals surface area (Å²) in [5, 5.41) is 7.90. The lowest BCUT2D eigenvalue weighted by atomic mass is 10.0. The van der Waals surface area contributed by atoms with Gasteiger partial charge < -0.3 is 5.32 Å². The van der Waals surface area contributed by atoms with Gasteiger partial charge in [-0.3, -0.25) is 9.48 Å². The van der Waals surface area contributed by atoms with Crippen molar-refractivity contribution in [2.75, 3.05) is 5.32 Å². The first-order valence-corrected chi connectivity index (χ1v) is 10.2. The molecule has 0 spiro atoms. The Morgan fingerprint density at radius 1 is 0.933 bits per heavy atom. The fraction of sp³-hybridized carbons (Fsp3) is 0.154. The van der Waals surface area contributed by atoms with Gasteiger partial charge in [0, 0.05) is 17.4 Å². The van der Waals surface area contributed by atoms with Gasteiger partial charge in [0.25, 0.3) is 5.91 Å². The lowest BCUT2D eigenvalue weighted by molar-refractivity contribution is 0.102. The molecule has 0 aliphatic carbocycles. The molecule has 0 saturated heterocycles. The Morgan fingerprint density at radius 3 is 2.33 bits per heavy atom. The maximum atomic E-state index is 13.3. The van der Waals surface area contributed by atoms with Gasteiger partial charge in [0.1, 0.15) is 5.69 Å². The predicted molar refractivity (Wildman–Crippen MR) is 122 cm³/mol. The van der Waals surface area contributed by atoms with Crippen LogP contribution in [-0.2, 0) is 13.0 Å². The highest BCUT2D eigenvalue weighted by molar-refractivity contribution is 6.08. The number of para-hydroxylation sites is 1. The van der Waals surface area contributed by atoms with Crippen LogP contribution in [0.3, 0.4) is 0 Å². The van der Waals surface area contributed by atoms with Crippen molar-refractivity contribution < 1.29 is 4.79 Å². The molecule has 1 heterocycles. The van der Waals surface area contributed by atoms with E-state index in [9.17, 15) is 4.79 Å². The van der Waals surface area contributed by atoms with Crippen LogP contribution in [0.1, 0.15) is 34.0 Å². The van der Waals surface area contributed by atoms with Crippen LogP contribution in [-0.4, -0.2) is 15.7 Å². The number of nitrogens with zero attached hydrogens (tertiary/aromatic N) is 2. The van der Waals surface area contributed by atoms with Crippen molar-refractivity contribution in [1.82, 2.24) is 9.78 Å². The molecular formula is C26H25N3O. The van der Waals surface area contributed by atoms with Crippen LogP contribution in [0.4, 0.5) is 5.69 Å². The van der Waals surface area contributed by atoms with E-state index >= 15 is 0 Å². The summed E-state index contributed by atoms with van der Waals surface area (Å²) in [7, 11) is 0. The number of aryl methyl sites for hydroxylation is 2. The smallest absolute Gasteiger partial charge is 0.259 e. The van der Waals surface area contributed by atoms with Crippen LogP contribution in [0.2, 0.25) is 0 Å². The van der Waals surface area contributed by atoms with E-state index in [1.165, 1.54) is 0 Å². The minimum Gasteiger partial charge on any atom is -0.321 e. The second-order valence-corrected chi connectivity index (χ2v) is 7.36. The largest absolute Gasteiger partial charge is 0.321 e. The normalized spacial score (nSPS) is 10.7. The number of hydrogen-bond donors (Lipinski definition) is 1. The van der Waals surface area contributed by atoms with Crippen molar-refractivity contribution in [3.63, 3.8) is 0 Å². The Hall–Kier alpha value is -3.66. The molecule has 1 aromatic heterocycles. The van der Waals surface area contributed by atoms with Crippen molar-refractivity contribution in [3.8, 4) is 11.3 Å². The summed E-state index contributed by atoms with van der Waals surface area (Å²) in [5.74, 6) is -0.142. The van der Waals surface area contributed by atoms with E-state index in [4.69, 9.17) is 5.10 Å². The molecule has 0 aliphatic rings. The first-order valence-electron chi connectivity index (χ1n) is 10.2. The van der Waals surface area contributed by atoms with Crippen LogP contribution in [0.5, 0.6) is 0 Å². The highest BCUT2D eigenvalue weighted by Crippen LogP contribution is 2.26. The van der Waals surface area contributed by atoms with Crippen molar-refractivity contribution >= 4 is 11.6 Å². The van der Waals surface area contributed by atoms with Crippen LogP contribution in [0.15, 0.2) is 85.1 Å². The number of anilines is 1. The highest BCUT2D eigenvalue weighted by Gasteiger charge is 2.19. The van der Waals surface area contributed by atoms with Gasteiger partial charge in [-0.1, -0.05) is 85.8 Å². The van der Waals surface area contributed by atoms with Gasteiger partial charge in [-0.05, 0) is 30.0 Å². The van der Waals surface area contributed by atoms with Crippen LogP contribution >= 0.6 is 0 Å². The molecule has 0 atom stereocenters. The number of rotatable bonds is 6. The maximum absolute atomic E-state index is 13.3. The monoisotopic (exact) mass is 395 g/mol. The Kier molecular flexibility index (Phi) is 5.75. The second-order valence-electron chi connectivity index (χ2n) is 7.36. The molecule has 4 heteroatoms. The Morgan fingerprint density at radius 2 is 1.63 bits per heavy atom. The maximum Gasteiger partial charge on any atom is 0.259 e. The van der Waals surface area contributed by atoms with Gasteiger partial charge in [0.2, 0.25) is 0 Å². The zero-order valence-corrected chi connectivity index (χ0v) is 17.3. The lowest BCUT2D eigenvalue weighted by Crippen LogP contribution is -2.14. The summed E-state index contributed by atoms with van der Waals surface area (Å²) in [4.78, 5) is 13.3. The molecule has 3 aromatic carbocycles. The number of benzene rings is 3. The van der Waals surface area contributed by atoms with Crippen molar-refractivity contribution in [3.05, 3.63) is 107 Å². The number of hydrogen-bond acceptors (Lipinski definition) is 2. The third kappa shape index (κ3) is 4.18. The molecule has 0 aliphatic heterocycles. The Balaban J connectivity index is 1.71. The van der Waals surface area contributed by atoms with E-state index < -0.39 is 0 Å². The summed E-state index contributed by atoms with van der Waals surface area (Å²) >= 11 is 0. The van der Waals surface area contributed by atoms with Crippen molar-refractivity contribution in [2.45, 2.75) is 26.8 Å². The summed E-state index contributed by atoms with van der Waals surface area (Å²) in [6.07, 6.45) is 2.70. The van der Waals surface area contributed by atoms with Crippen LogP contribution in [0, 0.1) is 6.92 Å². The molecule has 1 N–H and O–H groups in total. The number of carbonyl (C=O) groups excluding carboxylic acids is 1. The molecule has 0 fully saturated rings. The minimum atomic E-state index is -0.142. The van der Waals surface area contributed by atoms with E-state index in [2.05, 4.69) is 30.4 Å². The summed E-state index contributed by atoms with van der Waals surface area (Å²) in [5.41, 5.74) is 6.40. The van der Waals surface area contributed by atoms with Gasteiger partial charge in [0.15, 0.2) is 0 Å². The van der Waals surface area contributed by atoms with Crippen LogP contribution < -0.4 is 5.32 Å². The van der Waals surface area contributed by atoms with E-state index in [-0.39, 0.29) is 5.91 Å². The van der Waals surface area contributed by atoms with Gasteiger partial charge in [0.05, 0.1) is 12.1 Å². The van der Waals surface area contributed by atoms with Gasteiger partial charge in [-0.15, -0.1) is 0 Å². The number of amides is 1. The van der Waals surface area contributed by atoms with Crippen LogP contribution in [0.25, 0.3) is 11.3 Å². The van der Waals surface area contributed by atoms with Crippen molar-refractivity contribution in [1.29, 1.82) is 0 Å². The topological polar surface area (TPSA) is 46.9 Å². The molecule has 4 aromatic rings. The molecule has 0 bridgehead atoms. The Bertz CT molecular complexity index is 1150. The quantitative estimate of drug-likeness (QED) is 0.454. The molecule has 4 rings (SSSR count). The molecule has 1 amide bonds. The molecule has 0 radical (unpaired) electrons. The summed E-state index contributed by atoms with van der Waals surface area (Å²) in [6, 6.07) is 26.1. The third-order valence-electron chi connectivity index (χ3n) is 5.22. The van der Waals surface area contributed by atoms with E-state index in [1.54, 1.807) is 0 Å². The van der Waals surface area contributed by atoms with E-state index in [1.807, 2.05) is 78.5 Å². The zero-order chi connectivity index (χ0) is 20.9. The first-order chi connectivity index (χ1) is 14.7. The molecule has 0 saturated carbocycles. The van der Waals surface area contributed by atoms with Gasteiger partial charge in [-0.2, -0.15) is 5.10 Å². The zero-order valence-electron chi connectivity index (χ0n) is 17.3. The fourth-order valence-electron chi connectivity index (χ4n) is 3.63. The highest BCUT2D eigenvalue weighted by atomic mass is 16.1. The average molecular weight is 396 g/mol. The van der Waals surface area contributed by atoms with Crippen molar-refractivity contribution in [2.24, 2.45) is 0 Å². The fourth-order valence-corrected chi connectivity index (χ4v) is 3.63. The lowest BCUT2D eigenvalue weighted by Gasteiger charge is -2.13. The number of carbonyl (C=O) groups is 1. The SMILES string of the molecule is CCc1cccc(C)c1NC(=O)c1cn(Cc2ccccc2)nc1-c1ccccc1. The van der Waals surface area contributed by atoms with Gasteiger partial charge in [-0.25, -0.2) is 0 Å². The number of nitrogens with one attached hydrogen (secondary N) is 1. The van der Waals surface area contributed by atoms with Gasteiger partial charge >= 0.3 is 0 Å². The molecule has 4 nitrogen and oxygen atoms in total. The first kappa shape index (κ1) is 19.6. The summed E-state index contributed by atoms with van der Waals surface area (Å²) in [6.45, 7) is 4.72. The Labute approximate surface area is 177 Å². The predicted octanol–water partition coefficient (Wildman–Crippen LogP) is 5.72. The number of aromatic nitrogens is 2. The molecular weight excluding hydrogens is 370 g/mol. The standard InChI is InChI=1S/C26H25N3O/c1-3-21-16-10-11-19(2)24(21)27-26(30)23-18-29(17-20-12-6-4-7-13-20)28-25(23)22-14-8-5-9-15-22/h4-16,18H,3,17H2,1-2H3,(H,27,30). The molecule has 30 heavy (non-hydrogen) atoms. The minimum absolute atomic E-state index is 0.142. The average Bonchev–Trinajstić information content (AvgIpc) is 3.20. The molecule has 150 valence electrons. The molecule has 0 unspecified atom stereocenters.